The lowest BCUT2D eigenvalue weighted by Gasteiger charge is -2.20. The highest BCUT2D eigenvalue weighted by atomic mass is 16.1. The van der Waals surface area contributed by atoms with Crippen molar-refractivity contribution in [1.29, 1.82) is 0 Å². The van der Waals surface area contributed by atoms with E-state index >= 15 is 0 Å². The molecule has 0 amide bonds. The van der Waals surface area contributed by atoms with Gasteiger partial charge in [0.25, 0.3) is 0 Å². The fourth-order valence-electron chi connectivity index (χ4n) is 2.51. The van der Waals surface area contributed by atoms with Crippen LogP contribution in [0, 0.1) is 5.41 Å². The lowest BCUT2D eigenvalue weighted by Crippen LogP contribution is -2.28. The van der Waals surface area contributed by atoms with Crippen LogP contribution < -0.4 is 0 Å². The number of allylic oxidation sites excluding steroid dienone is 1. The smallest absolute Gasteiger partial charge is 0.163 e. The third-order valence-electron chi connectivity index (χ3n) is 3.89. The normalized spacial score (nSPS) is 12.1. The fourth-order valence-corrected chi connectivity index (χ4v) is 2.51. The molecule has 0 N–H and O–H groups in total. The monoisotopic (exact) mass is 305 g/mol. The Bertz CT molecular complexity index is 848. The quantitative estimate of drug-likeness (QED) is 0.675. The van der Waals surface area contributed by atoms with Crippen molar-refractivity contribution < 1.29 is 4.79 Å². The molecule has 0 spiro atoms. The Morgan fingerprint density at radius 1 is 1.17 bits per heavy atom. The number of rotatable bonds is 5. The molecular weight excluding hydrogens is 286 g/mol. The van der Waals surface area contributed by atoms with E-state index in [2.05, 4.69) is 34.3 Å². The first kappa shape index (κ1) is 15.2. The third-order valence-corrected chi connectivity index (χ3v) is 3.89. The topological polar surface area (TPSA) is 47.8 Å². The summed E-state index contributed by atoms with van der Waals surface area (Å²) in [6.07, 6.45) is 6.63. The molecule has 0 saturated heterocycles. The minimum absolute atomic E-state index is 0.0705. The predicted molar refractivity (Wildman–Crippen MR) is 91.8 cm³/mol. The Balaban J connectivity index is 1.76. The van der Waals surface area contributed by atoms with Crippen molar-refractivity contribution in [3.63, 3.8) is 0 Å². The van der Waals surface area contributed by atoms with Crippen LogP contribution in [0.4, 0.5) is 0 Å². The Hall–Kier alpha value is -2.75. The maximum atomic E-state index is 12.5. The van der Waals surface area contributed by atoms with Gasteiger partial charge in [0.2, 0.25) is 0 Å². The summed E-state index contributed by atoms with van der Waals surface area (Å²) in [6, 6.07) is 14.4. The maximum Gasteiger partial charge on any atom is 0.163 e. The van der Waals surface area contributed by atoms with Gasteiger partial charge in [-0.3, -0.25) is 9.48 Å². The highest BCUT2D eigenvalue weighted by Crippen LogP contribution is 2.21. The SMILES string of the molecule is CC(C)(Cn1cncn1)C(=O)/C=C/c1ccc2ccccc2c1. The van der Waals surface area contributed by atoms with E-state index in [-0.39, 0.29) is 5.78 Å². The van der Waals surface area contributed by atoms with E-state index in [9.17, 15) is 4.79 Å². The number of ketones is 1. The first-order valence-corrected chi connectivity index (χ1v) is 7.58. The zero-order valence-corrected chi connectivity index (χ0v) is 13.3. The van der Waals surface area contributed by atoms with Crippen molar-refractivity contribution in [3.05, 3.63) is 66.8 Å². The zero-order chi connectivity index (χ0) is 16.3. The molecule has 0 unspecified atom stereocenters. The van der Waals surface area contributed by atoms with Gasteiger partial charge in [0.15, 0.2) is 5.78 Å². The van der Waals surface area contributed by atoms with E-state index < -0.39 is 5.41 Å². The van der Waals surface area contributed by atoms with Crippen LogP contribution in [-0.4, -0.2) is 20.5 Å². The van der Waals surface area contributed by atoms with Gasteiger partial charge >= 0.3 is 0 Å². The van der Waals surface area contributed by atoms with Gasteiger partial charge in [0.05, 0.1) is 6.54 Å². The Kier molecular flexibility index (Phi) is 4.06. The van der Waals surface area contributed by atoms with Crippen LogP contribution in [0.25, 0.3) is 16.8 Å². The van der Waals surface area contributed by atoms with Crippen LogP contribution in [0.15, 0.2) is 61.2 Å². The molecule has 2 aromatic carbocycles. The minimum atomic E-state index is -0.527. The largest absolute Gasteiger partial charge is 0.294 e. The first-order valence-electron chi connectivity index (χ1n) is 7.58. The molecule has 3 aromatic rings. The molecule has 0 aliphatic heterocycles. The average Bonchev–Trinajstić information content (AvgIpc) is 3.04. The van der Waals surface area contributed by atoms with Gasteiger partial charge in [-0.15, -0.1) is 0 Å². The van der Waals surface area contributed by atoms with Crippen LogP contribution >= 0.6 is 0 Å². The van der Waals surface area contributed by atoms with Crippen LogP contribution in [0.3, 0.4) is 0 Å². The number of carbonyl (C=O) groups is 1. The first-order chi connectivity index (χ1) is 11.0. The van der Waals surface area contributed by atoms with Crippen molar-refractivity contribution >= 4 is 22.6 Å². The molecule has 3 rings (SSSR count). The van der Waals surface area contributed by atoms with Crippen molar-refractivity contribution in [2.45, 2.75) is 20.4 Å². The molecule has 116 valence electrons. The van der Waals surface area contributed by atoms with Gasteiger partial charge in [-0.2, -0.15) is 5.10 Å². The van der Waals surface area contributed by atoms with E-state index in [1.807, 2.05) is 38.1 Å². The summed E-state index contributed by atoms with van der Waals surface area (Å²) in [6.45, 7) is 4.34. The number of nitrogens with zero attached hydrogens (tertiary/aromatic N) is 3. The summed E-state index contributed by atoms with van der Waals surface area (Å²) in [4.78, 5) is 16.4. The summed E-state index contributed by atoms with van der Waals surface area (Å²) in [7, 11) is 0. The number of fused-ring (bicyclic) bond motifs is 1. The Morgan fingerprint density at radius 2 is 1.96 bits per heavy atom. The highest BCUT2D eigenvalue weighted by Gasteiger charge is 2.26. The second-order valence-electron chi connectivity index (χ2n) is 6.28. The molecule has 1 heterocycles. The van der Waals surface area contributed by atoms with E-state index in [0.29, 0.717) is 6.54 Å². The number of aromatic nitrogens is 3. The van der Waals surface area contributed by atoms with Gasteiger partial charge in [0.1, 0.15) is 12.7 Å². The maximum absolute atomic E-state index is 12.5. The highest BCUT2D eigenvalue weighted by molar-refractivity contribution is 5.98. The lowest BCUT2D eigenvalue weighted by molar-refractivity contribution is -0.122. The second-order valence-corrected chi connectivity index (χ2v) is 6.28. The molecule has 4 heteroatoms. The minimum Gasteiger partial charge on any atom is -0.294 e. The number of hydrogen-bond acceptors (Lipinski definition) is 3. The summed E-state index contributed by atoms with van der Waals surface area (Å²) in [5, 5.41) is 6.43. The van der Waals surface area contributed by atoms with E-state index in [1.165, 1.54) is 17.1 Å². The molecule has 0 bridgehead atoms. The van der Waals surface area contributed by atoms with Crippen LogP contribution in [0.1, 0.15) is 19.4 Å². The Labute approximate surface area is 135 Å². The molecule has 0 atom stereocenters. The Morgan fingerprint density at radius 3 is 2.70 bits per heavy atom. The summed E-state index contributed by atoms with van der Waals surface area (Å²) >= 11 is 0. The van der Waals surface area contributed by atoms with Crippen LogP contribution in [-0.2, 0) is 11.3 Å². The van der Waals surface area contributed by atoms with Gasteiger partial charge in [-0.1, -0.05) is 56.3 Å². The van der Waals surface area contributed by atoms with Gasteiger partial charge in [-0.25, -0.2) is 4.98 Å². The third kappa shape index (κ3) is 3.54. The molecule has 0 saturated carbocycles. The summed E-state index contributed by atoms with van der Waals surface area (Å²) < 4.78 is 1.68. The number of hydrogen-bond donors (Lipinski definition) is 0. The second kappa shape index (κ2) is 6.16. The van der Waals surface area contributed by atoms with Crippen LogP contribution in [0.5, 0.6) is 0 Å². The fraction of sp³-hybridized carbons (Fsp3) is 0.211. The lowest BCUT2D eigenvalue weighted by atomic mass is 9.87. The van der Waals surface area contributed by atoms with Gasteiger partial charge in [-0.05, 0) is 28.5 Å². The van der Waals surface area contributed by atoms with Crippen molar-refractivity contribution in [2.75, 3.05) is 0 Å². The van der Waals surface area contributed by atoms with Crippen molar-refractivity contribution in [2.24, 2.45) is 5.41 Å². The van der Waals surface area contributed by atoms with Gasteiger partial charge in [0, 0.05) is 5.41 Å². The molecule has 4 nitrogen and oxygen atoms in total. The van der Waals surface area contributed by atoms with Crippen LogP contribution in [0.2, 0.25) is 0 Å². The molecular formula is C19H19N3O. The van der Waals surface area contributed by atoms with E-state index in [0.717, 1.165) is 5.56 Å². The average molecular weight is 305 g/mol. The summed E-state index contributed by atoms with van der Waals surface area (Å²) in [5.41, 5.74) is 0.495. The molecule has 23 heavy (non-hydrogen) atoms. The molecule has 0 radical (unpaired) electrons. The van der Waals surface area contributed by atoms with Crippen molar-refractivity contribution in [3.8, 4) is 0 Å². The standard InChI is InChI=1S/C19H19N3O/c1-19(2,12-22-14-20-13-21-22)18(23)10-8-15-7-9-16-5-3-4-6-17(16)11-15/h3-11,13-14H,12H2,1-2H3/b10-8+. The number of benzene rings is 2. The molecule has 0 aliphatic carbocycles. The predicted octanol–water partition coefficient (Wildman–Crippen LogP) is 3.74. The van der Waals surface area contributed by atoms with E-state index in [1.54, 1.807) is 17.1 Å². The van der Waals surface area contributed by atoms with Gasteiger partial charge < -0.3 is 0 Å². The molecule has 0 aliphatic rings. The zero-order valence-electron chi connectivity index (χ0n) is 13.3. The number of carbonyl (C=O) groups excluding carboxylic acids is 1. The molecule has 0 fully saturated rings. The van der Waals surface area contributed by atoms with Crippen molar-refractivity contribution in [1.82, 2.24) is 14.8 Å². The summed E-state index contributed by atoms with van der Waals surface area (Å²) in [5.74, 6) is 0.0705. The molecule has 1 aromatic heterocycles. The van der Waals surface area contributed by atoms with E-state index in [4.69, 9.17) is 0 Å².